The summed E-state index contributed by atoms with van der Waals surface area (Å²) in [6.07, 6.45) is 15.0. The van der Waals surface area contributed by atoms with Gasteiger partial charge in [0.2, 0.25) is 0 Å². The normalized spacial score (nSPS) is 25.8. The van der Waals surface area contributed by atoms with Gasteiger partial charge in [-0.1, -0.05) is 6.42 Å². The van der Waals surface area contributed by atoms with Crippen molar-refractivity contribution in [3.63, 3.8) is 0 Å². The highest BCUT2D eigenvalue weighted by Crippen LogP contribution is 2.34. The first-order valence-corrected chi connectivity index (χ1v) is 13.9. The Morgan fingerprint density at radius 1 is 0.897 bits per heavy atom. The van der Waals surface area contributed by atoms with Gasteiger partial charge in [0.05, 0.1) is 23.1 Å². The predicted molar refractivity (Wildman–Crippen MR) is 150 cm³/mol. The third-order valence-corrected chi connectivity index (χ3v) is 7.84. The summed E-state index contributed by atoms with van der Waals surface area (Å²) in [5.41, 5.74) is 3.28. The molecule has 2 fully saturated rings. The van der Waals surface area contributed by atoms with Gasteiger partial charge in [-0.25, -0.2) is 23.7 Å². The monoisotopic (exact) mass is 529 g/mol. The van der Waals surface area contributed by atoms with Gasteiger partial charge in [-0.15, -0.1) is 0 Å². The topological polar surface area (TPSA) is 70.1 Å². The van der Waals surface area contributed by atoms with Gasteiger partial charge in [-0.3, -0.25) is 9.88 Å². The number of nitrogens with one attached hydrogen (secondary N) is 1. The average molecular weight is 530 g/mol. The first-order chi connectivity index (χ1) is 19.1. The summed E-state index contributed by atoms with van der Waals surface area (Å²) in [7, 11) is 0. The van der Waals surface area contributed by atoms with Gasteiger partial charge in [0.1, 0.15) is 29.3 Å². The van der Waals surface area contributed by atoms with Crippen LogP contribution >= 0.6 is 0 Å². The summed E-state index contributed by atoms with van der Waals surface area (Å²) < 4.78 is 28.3. The lowest BCUT2D eigenvalue weighted by Gasteiger charge is -2.31. The zero-order valence-electron chi connectivity index (χ0n) is 21.9. The van der Waals surface area contributed by atoms with Crippen molar-refractivity contribution in [3.8, 4) is 0 Å². The van der Waals surface area contributed by atoms with Crippen LogP contribution in [0.15, 0.2) is 72.7 Å². The molecule has 2 aliphatic heterocycles. The molecule has 3 aromatic rings. The van der Waals surface area contributed by atoms with Crippen LogP contribution < -0.4 is 10.2 Å². The van der Waals surface area contributed by atoms with Crippen molar-refractivity contribution < 1.29 is 8.78 Å². The summed E-state index contributed by atoms with van der Waals surface area (Å²) in [5, 5.41) is 3.37. The first kappa shape index (κ1) is 25.6. The van der Waals surface area contributed by atoms with Gasteiger partial charge in [-0.05, 0) is 93.8 Å². The van der Waals surface area contributed by atoms with E-state index in [0.717, 1.165) is 61.7 Å². The van der Waals surface area contributed by atoms with Crippen molar-refractivity contribution in [1.82, 2.24) is 24.8 Å². The van der Waals surface area contributed by atoms with Gasteiger partial charge in [0.15, 0.2) is 5.82 Å². The molecule has 0 aromatic carbocycles. The van der Waals surface area contributed by atoms with Crippen LogP contribution in [0.4, 0.5) is 26.1 Å². The van der Waals surface area contributed by atoms with Crippen LogP contribution in [-0.4, -0.2) is 50.5 Å². The standard InChI is InChI=1S/C30H33F2N7/c31-22-7-6-21(17-23(32)9-8-22)27-5-4-16-39(27)28-13-12-26-29(37-28)30(35-20-34-26)36-24-10-11-25(33-18-24)19-38-14-2-1-3-15-38/h7-13,17-18,20-21,27H,1-6,14-16,19H2,(H,34,35,36)/b9-8-,22-7+,23-17-. The largest absolute Gasteiger partial charge is 0.353 e. The average Bonchev–Trinajstić information content (AvgIpc) is 3.45. The third kappa shape index (κ3) is 5.98. The Hall–Kier alpha value is -3.72. The summed E-state index contributed by atoms with van der Waals surface area (Å²) in [5.74, 6) is 0.430. The molecule has 3 aliphatic rings. The van der Waals surface area contributed by atoms with E-state index in [2.05, 4.69) is 36.1 Å². The number of rotatable bonds is 6. The minimum Gasteiger partial charge on any atom is -0.353 e. The molecule has 0 saturated carbocycles. The lowest BCUT2D eigenvalue weighted by molar-refractivity contribution is 0.218. The van der Waals surface area contributed by atoms with E-state index in [9.17, 15) is 8.78 Å². The molecule has 2 saturated heterocycles. The van der Waals surface area contributed by atoms with Gasteiger partial charge < -0.3 is 10.2 Å². The number of hydrogen-bond donors (Lipinski definition) is 1. The highest BCUT2D eigenvalue weighted by atomic mass is 19.1. The van der Waals surface area contributed by atoms with Crippen molar-refractivity contribution in [2.45, 2.75) is 51.1 Å². The van der Waals surface area contributed by atoms with Crippen molar-refractivity contribution >= 4 is 28.4 Å². The second kappa shape index (κ2) is 11.6. The summed E-state index contributed by atoms with van der Waals surface area (Å²) in [4.78, 5) is 23.2. The van der Waals surface area contributed by atoms with Gasteiger partial charge in [0, 0.05) is 25.0 Å². The number of halogens is 2. The van der Waals surface area contributed by atoms with E-state index in [1.807, 2.05) is 24.4 Å². The number of hydrogen-bond acceptors (Lipinski definition) is 7. The number of allylic oxidation sites excluding steroid dienone is 5. The Labute approximate surface area is 227 Å². The molecule has 39 heavy (non-hydrogen) atoms. The molecule has 5 heterocycles. The zero-order valence-corrected chi connectivity index (χ0v) is 21.9. The highest BCUT2D eigenvalue weighted by Gasteiger charge is 2.32. The molecular weight excluding hydrogens is 496 g/mol. The molecule has 3 aromatic heterocycles. The second-order valence-electron chi connectivity index (χ2n) is 10.5. The van der Waals surface area contributed by atoms with E-state index in [1.165, 1.54) is 43.8 Å². The van der Waals surface area contributed by atoms with Crippen molar-refractivity contribution in [1.29, 1.82) is 0 Å². The van der Waals surface area contributed by atoms with Crippen LogP contribution in [0.3, 0.4) is 0 Å². The Kier molecular flexibility index (Phi) is 7.58. The fraction of sp³-hybridized carbons (Fsp3) is 0.400. The van der Waals surface area contributed by atoms with Crippen LogP contribution in [0, 0.1) is 5.92 Å². The molecular formula is C30H33F2N7. The summed E-state index contributed by atoms with van der Waals surface area (Å²) >= 11 is 0. The smallest absolute Gasteiger partial charge is 0.160 e. The van der Waals surface area contributed by atoms with Crippen LogP contribution in [-0.2, 0) is 6.54 Å². The maximum absolute atomic E-state index is 14.4. The van der Waals surface area contributed by atoms with E-state index >= 15 is 0 Å². The number of likely N-dealkylation sites (tertiary alicyclic amines) is 1. The SMILES string of the molecule is FC1=C\C(C2CCCN2c2ccc3ncnc(Nc4ccc(CN5CCCCC5)nc4)c3n2)C\C=C(F)/C=C\1. The molecule has 0 spiro atoms. The maximum atomic E-state index is 14.4. The number of pyridine rings is 2. The molecule has 2 atom stereocenters. The lowest BCUT2D eigenvalue weighted by atomic mass is 9.92. The molecule has 202 valence electrons. The molecule has 0 bridgehead atoms. The number of nitrogens with zero attached hydrogens (tertiary/aromatic N) is 6. The maximum Gasteiger partial charge on any atom is 0.160 e. The molecule has 6 rings (SSSR count). The number of fused-ring (bicyclic) bond motifs is 1. The predicted octanol–water partition coefficient (Wildman–Crippen LogP) is 6.40. The number of piperidine rings is 1. The van der Waals surface area contributed by atoms with Gasteiger partial charge in [-0.2, -0.15) is 0 Å². The molecule has 2 unspecified atom stereocenters. The van der Waals surface area contributed by atoms with Crippen LogP contribution in [0.5, 0.6) is 0 Å². The molecule has 7 nitrogen and oxygen atoms in total. The van der Waals surface area contributed by atoms with Crippen molar-refractivity contribution in [3.05, 3.63) is 78.4 Å². The van der Waals surface area contributed by atoms with Gasteiger partial charge >= 0.3 is 0 Å². The van der Waals surface area contributed by atoms with Crippen LogP contribution in [0.1, 0.15) is 44.2 Å². The summed E-state index contributed by atoms with van der Waals surface area (Å²) in [6.45, 7) is 3.95. The van der Waals surface area contributed by atoms with Crippen LogP contribution in [0.2, 0.25) is 0 Å². The molecule has 1 N–H and O–H groups in total. The second-order valence-corrected chi connectivity index (χ2v) is 10.5. The first-order valence-electron chi connectivity index (χ1n) is 13.9. The van der Waals surface area contributed by atoms with E-state index in [0.29, 0.717) is 17.8 Å². The van der Waals surface area contributed by atoms with E-state index in [-0.39, 0.29) is 12.0 Å². The molecule has 9 heteroatoms. The minimum absolute atomic E-state index is 0.0222. The minimum atomic E-state index is -0.406. The van der Waals surface area contributed by atoms with E-state index < -0.39 is 11.7 Å². The lowest BCUT2D eigenvalue weighted by Crippen LogP contribution is -2.35. The van der Waals surface area contributed by atoms with Crippen molar-refractivity contribution in [2.75, 3.05) is 29.9 Å². The fourth-order valence-corrected chi connectivity index (χ4v) is 5.85. The van der Waals surface area contributed by atoms with Crippen LogP contribution in [0.25, 0.3) is 11.0 Å². The Balaban J connectivity index is 1.22. The van der Waals surface area contributed by atoms with E-state index in [1.54, 1.807) is 6.08 Å². The van der Waals surface area contributed by atoms with Gasteiger partial charge in [0.25, 0.3) is 0 Å². The Morgan fingerprint density at radius 3 is 2.62 bits per heavy atom. The third-order valence-electron chi connectivity index (χ3n) is 7.84. The highest BCUT2D eigenvalue weighted by molar-refractivity contribution is 5.88. The molecule has 0 radical (unpaired) electrons. The number of aromatic nitrogens is 4. The zero-order chi connectivity index (χ0) is 26.6. The quantitative estimate of drug-likeness (QED) is 0.396. The van der Waals surface area contributed by atoms with Crippen molar-refractivity contribution in [2.24, 2.45) is 5.92 Å². The summed E-state index contributed by atoms with van der Waals surface area (Å²) in [6, 6.07) is 8.00. The Bertz CT molecular complexity index is 1400. The molecule has 0 amide bonds. The molecule has 1 aliphatic carbocycles. The van der Waals surface area contributed by atoms with E-state index in [4.69, 9.17) is 4.98 Å². The Morgan fingerprint density at radius 2 is 1.77 bits per heavy atom. The fourth-order valence-electron chi connectivity index (χ4n) is 5.85. The number of anilines is 3.